The van der Waals surface area contributed by atoms with Gasteiger partial charge in [0.1, 0.15) is 5.01 Å². The monoisotopic (exact) mass is 400 g/mol. The molecule has 130 valence electrons. The standard InChI is InChI=1S/C18H12N2O3S3/c1-9-16(25-8-19-9)12(21)6-14-15(18(22)23)10(7-24-14)17-20-11-4-2-3-5-13(11)26-17/h2-5,7-8H,6H2,1H3,(H,22,23). The number of ketones is 1. The van der Waals surface area contributed by atoms with Crippen LogP contribution in [0.1, 0.15) is 30.6 Å². The number of fused-ring (bicyclic) bond motifs is 1. The molecule has 8 heteroatoms. The number of hydrogen-bond donors (Lipinski definition) is 1. The first-order valence-corrected chi connectivity index (χ1v) is 10.2. The quantitative estimate of drug-likeness (QED) is 0.481. The summed E-state index contributed by atoms with van der Waals surface area (Å²) in [6.07, 6.45) is 0.0558. The van der Waals surface area contributed by atoms with Gasteiger partial charge in [-0.15, -0.1) is 34.0 Å². The Bertz CT molecular complexity index is 1110. The first-order chi connectivity index (χ1) is 12.5. The molecule has 0 aliphatic rings. The Morgan fingerprint density at radius 2 is 2.00 bits per heavy atom. The van der Waals surface area contributed by atoms with Gasteiger partial charge in [-0.2, -0.15) is 0 Å². The lowest BCUT2D eigenvalue weighted by Gasteiger charge is -2.01. The predicted molar refractivity (Wildman–Crippen MR) is 105 cm³/mol. The molecule has 26 heavy (non-hydrogen) atoms. The highest BCUT2D eigenvalue weighted by Gasteiger charge is 2.24. The highest BCUT2D eigenvalue weighted by Crippen LogP contribution is 2.37. The van der Waals surface area contributed by atoms with E-state index in [0.717, 1.165) is 10.2 Å². The van der Waals surface area contributed by atoms with E-state index in [-0.39, 0.29) is 17.8 Å². The second-order valence-electron chi connectivity index (χ2n) is 5.61. The summed E-state index contributed by atoms with van der Waals surface area (Å²) in [4.78, 5) is 34.2. The minimum atomic E-state index is -1.04. The van der Waals surface area contributed by atoms with Crippen molar-refractivity contribution < 1.29 is 14.7 Å². The largest absolute Gasteiger partial charge is 0.478 e. The Kier molecular flexibility index (Phi) is 4.39. The Hall–Kier alpha value is -2.42. The van der Waals surface area contributed by atoms with Gasteiger partial charge in [0.15, 0.2) is 5.78 Å². The molecule has 5 nitrogen and oxygen atoms in total. The summed E-state index contributed by atoms with van der Waals surface area (Å²) in [5.74, 6) is -1.14. The van der Waals surface area contributed by atoms with E-state index in [1.54, 1.807) is 17.8 Å². The molecule has 0 radical (unpaired) electrons. The number of aromatic nitrogens is 2. The molecule has 3 heterocycles. The van der Waals surface area contributed by atoms with E-state index in [4.69, 9.17) is 0 Å². The van der Waals surface area contributed by atoms with Crippen LogP contribution in [0.5, 0.6) is 0 Å². The number of carbonyl (C=O) groups is 2. The maximum Gasteiger partial charge on any atom is 0.337 e. The van der Waals surface area contributed by atoms with Crippen LogP contribution in [0, 0.1) is 6.92 Å². The fraction of sp³-hybridized carbons (Fsp3) is 0.111. The molecule has 0 aliphatic carbocycles. The molecule has 0 aliphatic heterocycles. The summed E-state index contributed by atoms with van der Waals surface area (Å²) >= 11 is 4.03. The highest BCUT2D eigenvalue weighted by molar-refractivity contribution is 7.22. The van der Waals surface area contributed by atoms with Crippen LogP contribution >= 0.6 is 34.0 Å². The number of Topliss-reactive ketones (excluding diaryl/α,β-unsaturated/α-hetero) is 1. The van der Waals surface area contributed by atoms with E-state index < -0.39 is 5.97 Å². The molecular weight excluding hydrogens is 388 g/mol. The first-order valence-electron chi connectivity index (χ1n) is 7.67. The number of carboxylic acids is 1. The van der Waals surface area contributed by atoms with Crippen molar-refractivity contribution in [3.63, 3.8) is 0 Å². The molecule has 0 atom stereocenters. The average Bonchev–Trinajstić information content (AvgIpc) is 3.31. The van der Waals surface area contributed by atoms with E-state index >= 15 is 0 Å². The van der Waals surface area contributed by atoms with E-state index in [1.807, 2.05) is 24.3 Å². The number of carbonyl (C=O) groups excluding carboxylic acids is 1. The zero-order valence-electron chi connectivity index (χ0n) is 13.6. The number of aromatic carboxylic acids is 1. The number of aryl methyl sites for hydroxylation is 1. The Balaban J connectivity index is 1.74. The van der Waals surface area contributed by atoms with Gasteiger partial charge in [-0.25, -0.2) is 14.8 Å². The summed E-state index contributed by atoms with van der Waals surface area (Å²) in [7, 11) is 0. The second kappa shape index (κ2) is 6.71. The third kappa shape index (κ3) is 2.96. The normalized spacial score (nSPS) is 11.1. The SMILES string of the molecule is Cc1ncsc1C(=O)Cc1scc(-c2nc3ccccc3s2)c1C(=O)O. The number of rotatable bonds is 5. The number of carboxylic acid groups (broad SMARTS) is 1. The van der Waals surface area contributed by atoms with Gasteiger partial charge in [0.25, 0.3) is 0 Å². The van der Waals surface area contributed by atoms with Gasteiger partial charge in [0, 0.05) is 22.2 Å². The van der Waals surface area contributed by atoms with Crippen LogP contribution in [-0.2, 0) is 6.42 Å². The van der Waals surface area contributed by atoms with Crippen LogP contribution in [0.2, 0.25) is 0 Å². The van der Waals surface area contributed by atoms with E-state index in [9.17, 15) is 14.7 Å². The molecule has 1 N–H and O–H groups in total. The van der Waals surface area contributed by atoms with Gasteiger partial charge < -0.3 is 5.11 Å². The fourth-order valence-electron chi connectivity index (χ4n) is 2.70. The van der Waals surface area contributed by atoms with E-state index in [2.05, 4.69) is 9.97 Å². The van der Waals surface area contributed by atoms with Crippen LogP contribution in [0.25, 0.3) is 20.8 Å². The van der Waals surface area contributed by atoms with Crippen molar-refractivity contribution in [2.24, 2.45) is 0 Å². The molecule has 0 spiro atoms. The van der Waals surface area contributed by atoms with Crippen molar-refractivity contribution in [1.29, 1.82) is 0 Å². The van der Waals surface area contributed by atoms with Gasteiger partial charge in [0.05, 0.1) is 31.9 Å². The molecule has 4 aromatic rings. The van der Waals surface area contributed by atoms with Crippen molar-refractivity contribution in [1.82, 2.24) is 9.97 Å². The van der Waals surface area contributed by atoms with Crippen molar-refractivity contribution in [2.75, 3.05) is 0 Å². The van der Waals surface area contributed by atoms with Gasteiger partial charge >= 0.3 is 5.97 Å². The lowest BCUT2D eigenvalue weighted by molar-refractivity contribution is 0.0697. The molecule has 4 rings (SSSR count). The van der Waals surface area contributed by atoms with Crippen molar-refractivity contribution >= 4 is 56.0 Å². The maximum atomic E-state index is 12.5. The average molecular weight is 401 g/mol. The molecule has 3 aromatic heterocycles. The summed E-state index contributed by atoms with van der Waals surface area (Å²) in [6, 6.07) is 7.69. The van der Waals surface area contributed by atoms with Gasteiger partial charge in [-0.05, 0) is 19.1 Å². The van der Waals surface area contributed by atoms with Crippen molar-refractivity contribution in [3.8, 4) is 10.6 Å². The predicted octanol–water partition coefficient (Wildman–Crippen LogP) is 4.91. The number of para-hydroxylation sites is 1. The fourth-order valence-corrected chi connectivity index (χ4v) is 5.53. The summed E-state index contributed by atoms with van der Waals surface area (Å²) in [5.41, 5.74) is 3.90. The Morgan fingerprint density at radius 1 is 1.19 bits per heavy atom. The van der Waals surface area contributed by atoms with Crippen LogP contribution < -0.4 is 0 Å². The summed E-state index contributed by atoms with van der Waals surface area (Å²) in [5, 5.41) is 12.2. The summed E-state index contributed by atoms with van der Waals surface area (Å²) < 4.78 is 1.00. The molecule has 1 aromatic carbocycles. The lowest BCUT2D eigenvalue weighted by Crippen LogP contribution is -2.07. The van der Waals surface area contributed by atoms with Crippen LogP contribution in [-0.4, -0.2) is 26.8 Å². The molecular formula is C18H12N2O3S3. The minimum absolute atomic E-state index is 0.0558. The smallest absolute Gasteiger partial charge is 0.337 e. The molecule has 0 unspecified atom stereocenters. The van der Waals surface area contributed by atoms with E-state index in [1.165, 1.54) is 34.0 Å². The minimum Gasteiger partial charge on any atom is -0.478 e. The third-order valence-corrected chi connectivity index (χ3v) is 6.95. The Labute approximate surface area is 160 Å². The van der Waals surface area contributed by atoms with Gasteiger partial charge in [-0.3, -0.25) is 4.79 Å². The highest BCUT2D eigenvalue weighted by atomic mass is 32.1. The number of nitrogens with zero attached hydrogens (tertiary/aromatic N) is 2. The summed E-state index contributed by atoms with van der Waals surface area (Å²) in [6.45, 7) is 1.78. The maximum absolute atomic E-state index is 12.5. The first kappa shape index (κ1) is 17.0. The van der Waals surface area contributed by atoms with Crippen LogP contribution in [0.4, 0.5) is 0 Å². The van der Waals surface area contributed by atoms with Gasteiger partial charge in [-0.1, -0.05) is 12.1 Å². The second-order valence-corrected chi connectivity index (χ2v) is 8.46. The van der Waals surface area contributed by atoms with E-state index in [0.29, 0.717) is 26.0 Å². The third-order valence-electron chi connectivity index (χ3n) is 3.93. The Morgan fingerprint density at radius 3 is 2.69 bits per heavy atom. The topological polar surface area (TPSA) is 80.2 Å². The molecule has 0 saturated carbocycles. The number of benzene rings is 1. The zero-order chi connectivity index (χ0) is 18.3. The number of thiazole rings is 2. The molecule has 0 fully saturated rings. The molecule has 0 saturated heterocycles. The van der Waals surface area contributed by atoms with Crippen LogP contribution in [0.3, 0.4) is 0 Å². The number of hydrogen-bond acceptors (Lipinski definition) is 7. The molecule has 0 bridgehead atoms. The van der Waals surface area contributed by atoms with Crippen molar-refractivity contribution in [2.45, 2.75) is 13.3 Å². The van der Waals surface area contributed by atoms with Crippen molar-refractivity contribution in [3.05, 3.63) is 56.2 Å². The lowest BCUT2D eigenvalue weighted by atomic mass is 10.1. The zero-order valence-corrected chi connectivity index (χ0v) is 16.0. The van der Waals surface area contributed by atoms with Gasteiger partial charge in [0.2, 0.25) is 0 Å². The van der Waals surface area contributed by atoms with Crippen LogP contribution in [0.15, 0.2) is 35.2 Å². The number of thiophene rings is 1. The molecule has 0 amide bonds.